The van der Waals surface area contributed by atoms with Gasteiger partial charge in [-0.25, -0.2) is 4.98 Å². The highest BCUT2D eigenvalue weighted by molar-refractivity contribution is 5.81. The molecule has 0 bridgehead atoms. The van der Waals surface area contributed by atoms with Gasteiger partial charge in [0.2, 0.25) is 0 Å². The Kier molecular flexibility index (Phi) is 5.20. The van der Waals surface area contributed by atoms with Crippen LogP contribution in [0.3, 0.4) is 0 Å². The first-order chi connectivity index (χ1) is 14.2. The number of aromatic amines is 1. The minimum absolute atomic E-state index is 0.778. The molecule has 4 rings (SSSR count). The smallest absolute Gasteiger partial charge is 0.138 e. The Morgan fingerprint density at radius 3 is 1.79 bits per heavy atom. The maximum Gasteiger partial charge on any atom is 0.138 e. The van der Waals surface area contributed by atoms with Crippen molar-refractivity contribution < 1.29 is 14.2 Å². The minimum atomic E-state index is 0.778. The van der Waals surface area contributed by atoms with Crippen LogP contribution in [0, 0.1) is 0 Å². The Balaban J connectivity index is 1.85. The fourth-order valence-corrected chi connectivity index (χ4v) is 3.20. The molecular formula is C24H22N2O3. The number of nitrogens with zero attached hydrogens (tertiary/aromatic N) is 1. The van der Waals surface area contributed by atoms with Gasteiger partial charge in [0.1, 0.15) is 23.1 Å². The summed E-state index contributed by atoms with van der Waals surface area (Å²) in [6.07, 6.45) is 0. The molecule has 1 N–H and O–H groups in total. The van der Waals surface area contributed by atoms with Crippen LogP contribution in [0.15, 0.2) is 72.8 Å². The molecule has 146 valence electrons. The monoisotopic (exact) mass is 386 g/mol. The molecule has 0 aliphatic heterocycles. The van der Waals surface area contributed by atoms with Gasteiger partial charge in [-0.15, -0.1) is 0 Å². The van der Waals surface area contributed by atoms with Crippen molar-refractivity contribution in [1.82, 2.24) is 9.97 Å². The van der Waals surface area contributed by atoms with Gasteiger partial charge in [-0.3, -0.25) is 0 Å². The number of hydrogen-bond donors (Lipinski definition) is 1. The Bertz CT molecular complexity index is 1030. The lowest BCUT2D eigenvalue weighted by atomic mass is 10.0. The highest BCUT2D eigenvalue weighted by Gasteiger charge is 2.16. The summed E-state index contributed by atoms with van der Waals surface area (Å²) in [5.74, 6) is 3.19. The van der Waals surface area contributed by atoms with Crippen LogP contribution in [0.5, 0.6) is 17.2 Å². The number of imidazole rings is 1. The molecule has 29 heavy (non-hydrogen) atoms. The number of rotatable bonds is 6. The van der Waals surface area contributed by atoms with Crippen LogP contribution in [0.2, 0.25) is 0 Å². The van der Waals surface area contributed by atoms with E-state index in [0.29, 0.717) is 0 Å². The lowest BCUT2D eigenvalue weighted by Crippen LogP contribution is -1.87. The third-order valence-electron chi connectivity index (χ3n) is 4.79. The number of ether oxygens (including phenoxy) is 3. The third kappa shape index (κ3) is 3.80. The van der Waals surface area contributed by atoms with Gasteiger partial charge in [0.05, 0.1) is 32.7 Å². The van der Waals surface area contributed by atoms with E-state index in [1.165, 1.54) is 0 Å². The van der Waals surface area contributed by atoms with Gasteiger partial charge in [0.15, 0.2) is 0 Å². The zero-order chi connectivity index (χ0) is 20.2. The van der Waals surface area contributed by atoms with E-state index in [1.807, 2.05) is 72.8 Å². The van der Waals surface area contributed by atoms with Crippen molar-refractivity contribution in [2.24, 2.45) is 0 Å². The van der Waals surface area contributed by atoms with Crippen molar-refractivity contribution in [3.63, 3.8) is 0 Å². The normalized spacial score (nSPS) is 10.6. The molecule has 4 aromatic rings. The van der Waals surface area contributed by atoms with Gasteiger partial charge in [-0.05, 0) is 60.7 Å². The third-order valence-corrected chi connectivity index (χ3v) is 4.79. The van der Waals surface area contributed by atoms with Crippen molar-refractivity contribution >= 4 is 0 Å². The predicted octanol–water partition coefficient (Wildman–Crippen LogP) is 5.44. The lowest BCUT2D eigenvalue weighted by molar-refractivity contribution is 0.414. The van der Waals surface area contributed by atoms with Gasteiger partial charge in [-0.2, -0.15) is 0 Å². The molecule has 0 fully saturated rings. The average Bonchev–Trinajstić information content (AvgIpc) is 3.25. The van der Waals surface area contributed by atoms with E-state index < -0.39 is 0 Å². The summed E-state index contributed by atoms with van der Waals surface area (Å²) in [4.78, 5) is 8.41. The van der Waals surface area contributed by atoms with Crippen LogP contribution in [-0.2, 0) is 0 Å². The summed E-state index contributed by atoms with van der Waals surface area (Å²) in [5, 5.41) is 0. The van der Waals surface area contributed by atoms with Crippen molar-refractivity contribution in [1.29, 1.82) is 0 Å². The molecule has 0 unspecified atom stereocenters. The van der Waals surface area contributed by atoms with E-state index in [2.05, 4.69) is 4.98 Å². The number of H-pyrrole nitrogens is 1. The Morgan fingerprint density at radius 1 is 0.621 bits per heavy atom. The fourth-order valence-electron chi connectivity index (χ4n) is 3.20. The number of benzene rings is 3. The van der Waals surface area contributed by atoms with E-state index in [1.54, 1.807) is 21.3 Å². The molecule has 0 spiro atoms. The van der Waals surface area contributed by atoms with Crippen LogP contribution in [-0.4, -0.2) is 31.3 Å². The highest BCUT2D eigenvalue weighted by atomic mass is 16.5. The number of nitrogens with one attached hydrogen (secondary N) is 1. The van der Waals surface area contributed by atoms with E-state index in [0.717, 1.165) is 51.2 Å². The summed E-state index contributed by atoms with van der Waals surface area (Å²) in [7, 11) is 4.98. The van der Waals surface area contributed by atoms with Crippen molar-refractivity contribution in [3.05, 3.63) is 72.8 Å². The second-order valence-electron chi connectivity index (χ2n) is 6.50. The molecule has 0 saturated carbocycles. The molecular weight excluding hydrogens is 364 g/mol. The van der Waals surface area contributed by atoms with Crippen LogP contribution in [0.25, 0.3) is 33.9 Å². The Hall–Kier alpha value is -3.73. The number of aromatic nitrogens is 2. The minimum Gasteiger partial charge on any atom is -0.497 e. The predicted molar refractivity (Wildman–Crippen MR) is 115 cm³/mol. The number of hydrogen-bond acceptors (Lipinski definition) is 4. The molecule has 0 saturated heterocycles. The van der Waals surface area contributed by atoms with Gasteiger partial charge in [0.25, 0.3) is 0 Å². The van der Waals surface area contributed by atoms with Crippen LogP contribution in [0.1, 0.15) is 0 Å². The summed E-state index contributed by atoms with van der Waals surface area (Å²) in [6, 6.07) is 23.7. The highest BCUT2D eigenvalue weighted by Crippen LogP contribution is 2.35. The van der Waals surface area contributed by atoms with Crippen LogP contribution < -0.4 is 14.2 Å². The van der Waals surface area contributed by atoms with E-state index in [-0.39, 0.29) is 0 Å². The first-order valence-electron chi connectivity index (χ1n) is 9.25. The van der Waals surface area contributed by atoms with Crippen LogP contribution >= 0.6 is 0 Å². The topological polar surface area (TPSA) is 56.4 Å². The summed E-state index contributed by atoms with van der Waals surface area (Å²) >= 11 is 0. The molecule has 5 nitrogen and oxygen atoms in total. The summed E-state index contributed by atoms with van der Waals surface area (Å²) in [5.41, 5.74) is 4.80. The molecule has 3 aromatic carbocycles. The largest absolute Gasteiger partial charge is 0.497 e. The Morgan fingerprint density at radius 2 is 1.21 bits per heavy atom. The maximum atomic E-state index is 5.36. The van der Waals surface area contributed by atoms with E-state index in [9.17, 15) is 0 Å². The molecule has 0 radical (unpaired) electrons. The molecule has 0 atom stereocenters. The zero-order valence-corrected chi connectivity index (χ0v) is 16.6. The van der Waals surface area contributed by atoms with E-state index >= 15 is 0 Å². The molecule has 1 aromatic heterocycles. The van der Waals surface area contributed by atoms with Gasteiger partial charge in [0, 0.05) is 16.7 Å². The summed E-state index contributed by atoms with van der Waals surface area (Å²) < 4.78 is 15.9. The quantitative estimate of drug-likeness (QED) is 0.480. The molecule has 0 amide bonds. The zero-order valence-electron chi connectivity index (χ0n) is 16.6. The Labute approximate surface area is 169 Å². The van der Waals surface area contributed by atoms with Gasteiger partial charge in [-0.1, -0.05) is 12.1 Å². The lowest BCUT2D eigenvalue weighted by Gasteiger charge is -2.06. The molecule has 1 heterocycles. The SMILES string of the molecule is COc1ccc(-c2nc(-c3cccc(OC)c3)[nH]c2-c2ccc(OC)cc2)cc1. The molecule has 0 aliphatic rings. The van der Waals surface area contributed by atoms with Gasteiger partial charge < -0.3 is 19.2 Å². The van der Waals surface area contributed by atoms with Crippen molar-refractivity contribution in [2.75, 3.05) is 21.3 Å². The second-order valence-corrected chi connectivity index (χ2v) is 6.50. The fraction of sp³-hybridized carbons (Fsp3) is 0.125. The first kappa shape index (κ1) is 18.6. The van der Waals surface area contributed by atoms with Crippen LogP contribution in [0.4, 0.5) is 0 Å². The second kappa shape index (κ2) is 8.10. The standard InChI is InChI=1S/C24H22N2O3/c1-27-19-11-7-16(8-12-19)22-23(17-9-13-20(28-2)14-10-17)26-24(25-22)18-5-4-6-21(15-18)29-3/h4-15H,1-3H3,(H,25,26). The molecule has 0 aliphatic carbocycles. The van der Waals surface area contributed by atoms with E-state index in [4.69, 9.17) is 19.2 Å². The maximum absolute atomic E-state index is 5.36. The average molecular weight is 386 g/mol. The summed E-state index contributed by atoms with van der Waals surface area (Å²) in [6.45, 7) is 0. The van der Waals surface area contributed by atoms with Gasteiger partial charge >= 0.3 is 0 Å². The van der Waals surface area contributed by atoms with Crippen molar-refractivity contribution in [3.8, 4) is 51.2 Å². The first-order valence-corrected chi connectivity index (χ1v) is 9.25. The molecule has 5 heteroatoms. The number of methoxy groups -OCH3 is 3. The van der Waals surface area contributed by atoms with Crippen molar-refractivity contribution in [2.45, 2.75) is 0 Å².